The zero-order chi connectivity index (χ0) is 74.0. The quantitative estimate of drug-likeness (QED) is 0.0175. The molecule has 0 bridgehead atoms. The van der Waals surface area contributed by atoms with Gasteiger partial charge in [-0.1, -0.05) is 12.1 Å². The predicted octanol–water partition coefficient (Wildman–Crippen LogP) is -0.354. The maximum absolute atomic E-state index is 13.8. The molecule has 0 unspecified atom stereocenters. The summed E-state index contributed by atoms with van der Waals surface area (Å²) in [5.41, 5.74) is 2.08. The summed E-state index contributed by atoms with van der Waals surface area (Å²) in [6, 6.07) is 10.5. The topological polar surface area (TPSA) is 484 Å². The van der Waals surface area contributed by atoms with E-state index in [9.17, 15) is 75.6 Å². The third-order valence-corrected chi connectivity index (χ3v) is 17.9. The number of aromatic amines is 1. The highest BCUT2D eigenvalue weighted by Gasteiger charge is 2.30. The normalized spacial score (nSPS) is 14.5. The Morgan fingerprint density at radius 2 is 1.17 bits per heavy atom. The summed E-state index contributed by atoms with van der Waals surface area (Å²) in [6.07, 6.45) is 7.09. The van der Waals surface area contributed by atoms with Crippen molar-refractivity contribution in [3.05, 3.63) is 95.4 Å². The highest BCUT2D eigenvalue weighted by molar-refractivity contribution is 7.89. The van der Waals surface area contributed by atoms with Crippen LogP contribution in [-0.4, -0.2) is 292 Å². The third-order valence-electron chi connectivity index (χ3n) is 15.7. The average Bonchev–Trinajstić information content (AvgIpc) is 0.950. The Labute approximate surface area is 590 Å². The van der Waals surface area contributed by atoms with Crippen molar-refractivity contribution in [2.75, 3.05) is 156 Å². The molecule has 1 aliphatic heterocycles. The molecule has 5 aromatic rings. The molecule has 6 rings (SSSR count). The first-order valence-corrected chi connectivity index (χ1v) is 35.9. The second-order valence-corrected chi connectivity index (χ2v) is 26.5. The van der Waals surface area contributed by atoms with Crippen LogP contribution in [0, 0.1) is 13.8 Å². The van der Waals surface area contributed by atoms with Crippen LogP contribution in [0.2, 0.25) is 0 Å². The van der Waals surface area contributed by atoms with Crippen molar-refractivity contribution in [3.63, 3.8) is 0 Å². The smallest absolute Gasteiger partial charge is 0.446 e. The fraction of sp³-hybridized carbons (Fsp3) is 0.531. The fourth-order valence-electron chi connectivity index (χ4n) is 10.8. The number of H-pyrrole nitrogens is 1. The van der Waals surface area contributed by atoms with Crippen molar-refractivity contribution >= 4 is 84.8 Å². The van der Waals surface area contributed by atoms with E-state index < -0.39 is 80.6 Å². The Bertz CT molecular complexity index is 3720. The molecule has 3 aromatic carbocycles. The number of rotatable bonds is 45. The van der Waals surface area contributed by atoms with Crippen molar-refractivity contribution in [2.45, 2.75) is 75.9 Å². The molecular formula is C64H92N14O22S2. The molecule has 12 N–H and O–H groups in total. The van der Waals surface area contributed by atoms with Crippen molar-refractivity contribution in [2.24, 2.45) is 0 Å². The number of imidazole rings is 1. The first-order valence-electron chi connectivity index (χ1n) is 33.0. The number of sulfonamides is 1. The number of nitrogens with one attached hydrogen (secondary N) is 7. The molecule has 1 saturated heterocycles. The molecule has 4 amide bonds. The second kappa shape index (κ2) is 42.5. The predicted molar refractivity (Wildman–Crippen MR) is 367 cm³/mol. The van der Waals surface area contributed by atoms with E-state index in [0.717, 1.165) is 11.9 Å². The van der Waals surface area contributed by atoms with E-state index in [1.165, 1.54) is 36.4 Å². The molecule has 562 valence electrons. The number of aryl methyl sites for hydroxylation is 3. The standard InChI is InChI=1S/C64H92N14O22S2/c1-45-35-51(36-46(2)60(45)101(91,92)73-53(63(89)90)40-70-61(87)48-10-13-54-49(38-48)39-71-78(54)19-4-14-67-64-68-17-18-69-64)99-30-3-7-55(79)65-15-5-28-96-31-33-98-34-32-97-29-6-16-66-62(88)52(37-47-8-11-50(12-9-47)100-102(93,94)95)72-56(80)41-74-20-22-75(42-57(81)82)24-26-77(44-59(85)86)27-25-76(23-21-74)43-58(83)84/h8-13,17-18,35-36,38-39,52-53,73H,3-7,14-16,19-34,37,40-44H2,1-2H3,(H,65,79)(H,66,88)(H,70,87)(H,72,80)(H,81,82)(H,83,84)(H,85,86)(H,89,90)(H2,67,68,69)(H,93,94,95)/t52-,53+/m1/s1. The number of benzene rings is 3. The van der Waals surface area contributed by atoms with Crippen LogP contribution in [0.3, 0.4) is 0 Å². The lowest BCUT2D eigenvalue weighted by molar-refractivity contribution is -0.140. The molecule has 0 spiro atoms. The molecule has 38 heteroatoms. The van der Waals surface area contributed by atoms with E-state index in [2.05, 4.69) is 50.6 Å². The first kappa shape index (κ1) is 82.0. The maximum Gasteiger partial charge on any atom is 0.446 e. The summed E-state index contributed by atoms with van der Waals surface area (Å²) in [6.45, 7) is 6.09. The average molecular weight is 1470 g/mol. The summed E-state index contributed by atoms with van der Waals surface area (Å²) in [5, 5.41) is 57.8. The number of amides is 4. The van der Waals surface area contributed by atoms with Crippen LogP contribution < -0.4 is 40.2 Å². The number of carboxylic acid groups (broad SMARTS) is 4. The highest BCUT2D eigenvalue weighted by Crippen LogP contribution is 2.27. The molecule has 1 aliphatic rings. The molecule has 0 aliphatic carbocycles. The van der Waals surface area contributed by atoms with E-state index in [0.29, 0.717) is 68.2 Å². The number of hydrogen-bond acceptors (Lipinski definition) is 24. The lowest BCUT2D eigenvalue weighted by Crippen LogP contribution is -2.53. The maximum atomic E-state index is 13.8. The lowest BCUT2D eigenvalue weighted by Gasteiger charge is -2.33. The fourth-order valence-corrected chi connectivity index (χ4v) is 12.8. The van der Waals surface area contributed by atoms with Gasteiger partial charge in [-0.25, -0.2) is 13.4 Å². The van der Waals surface area contributed by atoms with E-state index >= 15 is 0 Å². The van der Waals surface area contributed by atoms with Gasteiger partial charge in [-0.05, 0) is 98.7 Å². The molecule has 36 nitrogen and oxygen atoms in total. The summed E-state index contributed by atoms with van der Waals surface area (Å²) >= 11 is 0. The number of aliphatic carboxylic acids is 4. The van der Waals surface area contributed by atoms with Gasteiger partial charge in [0.25, 0.3) is 5.91 Å². The van der Waals surface area contributed by atoms with Gasteiger partial charge in [0.1, 0.15) is 23.6 Å². The number of hydrogen-bond donors (Lipinski definition) is 12. The van der Waals surface area contributed by atoms with Crippen LogP contribution in [0.15, 0.2) is 78.1 Å². The summed E-state index contributed by atoms with van der Waals surface area (Å²) < 4.78 is 90.1. The highest BCUT2D eigenvalue weighted by atomic mass is 32.3. The van der Waals surface area contributed by atoms with Gasteiger partial charge in [0, 0.05) is 134 Å². The van der Waals surface area contributed by atoms with Gasteiger partial charge in [-0.2, -0.15) is 18.2 Å². The van der Waals surface area contributed by atoms with Gasteiger partial charge in [0.05, 0.1) is 75.8 Å². The van der Waals surface area contributed by atoms with Crippen molar-refractivity contribution in [3.8, 4) is 11.5 Å². The number of carboxylic acids is 4. The van der Waals surface area contributed by atoms with Crippen LogP contribution in [-0.2, 0) is 81.2 Å². The molecule has 2 atom stereocenters. The largest absolute Gasteiger partial charge is 0.494 e. The van der Waals surface area contributed by atoms with Gasteiger partial charge in [-0.15, -0.1) is 0 Å². The van der Waals surface area contributed by atoms with Crippen LogP contribution >= 0.6 is 0 Å². The van der Waals surface area contributed by atoms with Crippen LogP contribution in [0.1, 0.15) is 59.2 Å². The Kier molecular flexibility index (Phi) is 34.1. The number of aromatic nitrogens is 4. The first-order chi connectivity index (χ1) is 48.7. The summed E-state index contributed by atoms with van der Waals surface area (Å²) in [5.74, 6) is -5.97. The minimum absolute atomic E-state index is 0.0671. The molecule has 2 aromatic heterocycles. The van der Waals surface area contributed by atoms with Crippen molar-refractivity contribution in [1.82, 2.24) is 65.3 Å². The number of nitrogens with zero attached hydrogens (tertiary/aromatic N) is 7. The third kappa shape index (κ3) is 30.7. The van der Waals surface area contributed by atoms with Gasteiger partial charge < -0.3 is 75.1 Å². The van der Waals surface area contributed by atoms with Gasteiger partial charge in [0.2, 0.25) is 27.7 Å². The molecule has 3 heterocycles. The monoisotopic (exact) mass is 1470 g/mol. The SMILES string of the molecule is Cc1cc(OCCCC(=O)NCCCOCCOCCOCCCNC(=O)[C@@H](Cc2ccc(OS(=O)(=O)O)cc2)NC(=O)CN2CCN(CC(=O)O)CCN(CC(=O)O)CCN(CC(=O)O)CC2)cc(C)c1S(=O)(=O)N[C@@H](CNC(=O)c1ccc2c(cnn2CCCNc2ncc[nH]2)c1)C(=O)O. The van der Waals surface area contributed by atoms with E-state index in [-0.39, 0.29) is 171 Å². The van der Waals surface area contributed by atoms with Crippen LogP contribution in [0.25, 0.3) is 10.9 Å². The van der Waals surface area contributed by atoms with E-state index in [4.69, 9.17) is 23.5 Å². The molecule has 1 fully saturated rings. The number of carbonyl (C=O) groups excluding carboxylic acids is 4. The van der Waals surface area contributed by atoms with Crippen molar-refractivity contribution < 1.29 is 103 Å². The molecule has 102 heavy (non-hydrogen) atoms. The Morgan fingerprint density at radius 3 is 1.71 bits per heavy atom. The summed E-state index contributed by atoms with van der Waals surface area (Å²) in [7, 11) is -9.23. The zero-order valence-corrected chi connectivity index (χ0v) is 58.6. The molecular weight excluding hydrogens is 1380 g/mol. The van der Waals surface area contributed by atoms with Gasteiger partial charge >= 0.3 is 34.3 Å². The van der Waals surface area contributed by atoms with Crippen molar-refractivity contribution in [1.29, 1.82) is 0 Å². The van der Waals surface area contributed by atoms with E-state index in [1.54, 1.807) is 74.9 Å². The number of fused-ring (bicyclic) bond motifs is 1. The Morgan fingerprint density at radius 1 is 0.608 bits per heavy atom. The second-order valence-electron chi connectivity index (χ2n) is 23.9. The minimum Gasteiger partial charge on any atom is -0.494 e. The Balaban J connectivity index is 0.828. The zero-order valence-electron chi connectivity index (χ0n) is 56.9. The van der Waals surface area contributed by atoms with E-state index in [1.807, 2.05) is 0 Å². The number of ether oxygens (including phenoxy) is 4. The van der Waals surface area contributed by atoms with Gasteiger partial charge in [-0.3, -0.25) is 67.2 Å². The molecule has 0 saturated carbocycles. The Hall–Kier alpha value is -8.96. The number of carbonyl (C=O) groups is 8. The summed E-state index contributed by atoms with van der Waals surface area (Å²) in [4.78, 5) is 114. The lowest BCUT2D eigenvalue weighted by atomic mass is 10.0. The van der Waals surface area contributed by atoms with Crippen LogP contribution in [0.5, 0.6) is 11.5 Å². The number of anilines is 1. The van der Waals surface area contributed by atoms with Crippen LogP contribution in [0.4, 0.5) is 5.95 Å². The minimum atomic E-state index is -4.82. The molecule has 0 radical (unpaired) electrons. The van der Waals surface area contributed by atoms with Gasteiger partial charge in [0.15, 0.2) is 5.95 Å².